The highest BCUT2D eigenvalue weighted by molar-refractivity contribution is 5.86. The van der Waals surface area contributed by atoms with E-state index in [9.17, 15) is 9.90 Å². The number of hydrogen-bond donors (Lipinski definition) is 1. The van der Waals surface area contributed by atoms with Gasteiger partial charge in [-0.3, -0.25) is 0 Å². The summed E-state index contributed by atoms with van der Waals surface area (Å²) in [5, 5.41) is 10.00. The fourth-order valence-corrected chi connectivity index (χ4v) is 1.88. The number of aryl methyl sites for hydroxylation is 1. The van der Waals surface area contributed by atoms with Crippen molar-refractivity contribution >= 4 is 5.97 Å². The second-order valence-corrected chi connectivity index (χ2v) is 4.66. The molecule has 5 nitrogen and oxygen atoms in total. The molecule has 0 aliphatic rings. The zero-order valence-corrected chi connectivity index (χ0v) is 12.0. The molecule has 1 unspecified atom stereocenters. The predicted molar refractivity (Wildman–Crippen MR) is 76.3 cm³/mol. The third-order valence-electron chi connectivity index (χ3n) is 2.99. The number of hydrogen-bond acceptors (Lipinski definition) is 5. The second kappa shape index (κ2) is 6.95. The normalized spacial score (nSPS) is 12.0. The van der Waals surface area contributed by atoms with E-state index in [2.05, 4.69) is 4.74 Å². The van der Waals surface area contributed by atoms with Crippen LogP contribution in [0, 0.1) is 6.92 Å². The van der Waals surface area contributed by atoms with Gasteiger partial charge < -0.3 is 19.0 Å². The zero-order valence-electron chi connectivity index (χ0n) is 12.0. The summed E-state index contributed by atoms with van der Waals surface area (Å²) in [5.74, 6) is 0.593. The lowest BCUT2D eigenvalue weighted by Crippen LogP contribution is -2.05. The van der Waals surface area contributed by atoms with Gasteiger partial charge in [-0.25, -0.2) is 4.79 Å². The van der Waals surface area contributed by atoms with Gasteiger partial charge in [0.2, 0.25) is 5.76 Å². The van der Waals surface area contributed by atoms with Crippen LogP contribution in [0.25, 0.3) is 0 Å². The van der Waals surface area contributed by atoms with Gasteiger partial charge >= 0.3 is 5.97 Å². The number of esters is 1. The van der Waals surface area contributed by atoms with E-state index < -0.39 is 12.1 Å². The quantitative estimate of drug-likeness (QED) is 0.828. The highest BCUT2D eigenvalue weighted by Crippen LogP contribution is 2.21. The molecular weight excluding hydrogens is 272 g/mol. The maximum absolute atomic E-state index is 11.3. The first kappa shape index (κ1) is 15.1. The molecular formula is C16H18O5. The van der Waals surface area contributed by atoms with E-state index >= 15 is 0 Å². The van der Waals surface area contributed by atoms with Gasteiger partial charge in [0.05, 0.1) is 13.7 Å². The van der Waals surface area contributed by atoms with Crippen LogP contribution in [-0.4, -0.2) is 24.8 Å². The maximum atomic E-state index is 11.3. The van der Waals surface area contributed by atoms with Crippen LogP contribution in [0.4, 0.5) is 0 Å². The molecule has 0 aliphatic heterocycles. The van der Waals surface area contributed by atoms with Crippen LogP contribution in [0.15, 0.2) is 40.8 Å². The Morgan fingerprint density at radius 2 is 2.14 bits per heavy atom. The van der Waals surface area contributed by atoms with Crippen LogP contribution in [0.3, 0.4) is 0 Å². The molecule has 1 heterocycles. The minimum atomic E-state index is -0.826. The van der Waals surface area contributed by atoms with E-state index in [-0.39, 0.29) is 5.76 Å². The fourth-order valence-electron chi connectivity index (χ4n) is 1.88. The second-order valence-electron chi connectivity index (χ2n) is 4.66. The minimum absolute atomic E-state index is 0.0751. The van der Waals surface area contributed by atoms with E-state index in [1.54, 1.807) is 6.07 Å². The molecule has 0 radical (unpaired) electrons. The SMILES string of the molecule is COC(=O)c1ccc(C(O)CCOc2cccc(C)c2)o1. The third kappa shape index (κ3) is 4.10. The Kier molecular flexibility index (Phi) is 5.00. The smallest absolute Gasteiger partial charge is 0.373 e. The van der Waals surface area contributed by atoms with Crippen molar-refractivity contribution in [2.75, 3.05) is 13.7 Å². The van der Waals surface area contributed by atoms with Gasteiger partial charge in [0.25, 0.3) is 0 Å². The van der Waals surface area contributed by atoms with Crippen molar-refractivity contribution in [2.24, 2.45) is 0 Å². The summed E-state index contributed by atoms with van der Waals surface area (Å²) in [6.07, 6.45) is -0.463. The van der Waals surface area contributed by atoms with Gasteiger partial charge in [0, 0.05) is 6.42 Å². The Labute approximate surface area is 123 Å². The summed E-state index contributed by atoms with van der Waals surface area (Å²) in [6.45, 7) is 2.33. The summed E-state index contributed by atoms with van der Waals surface area (Å²) in [6, 6.07) is 10.7. The number of carbonyl (C=O) groups excluding carboxylic acids is 1. The molecule has 5 heteroatoms. The lowest BCUT2D eigenvalue weighted by atomic mass is 10.2. The molecule has 1 atom stereocenters. The van der Waals surface area contributed by atoms with Crippen molar-refractivity contribution in [2.45, 2.75) is 19.4 Å². The molecule has 0 saturated heterocycles. The largest absolute Gasteiger partial charge is 0.493 e. The molecule has 0 saturated carbocycles. The summed E-state index contributed by atoms with van der Waals surface area (Å²) < 4.78 is 15.3. The molecule has 1 aromatic carbocycles. The Morgan fingerprint density at radius 3 is 2.86 bits per heavy atom. The van der Waals surface area contributed by atoms with Crippen LogP contribution in [-0.2, 0) is 4.74 Å². The van der Waals surface area contributed by atoms with Crippen LogP contribution in [0.2, 0.25) is 0 Å². The van der Waals surface area contributed by atoms with Crippen LogP contribution in [0.5, 0.6) is 5.75 Å². The topological polar surface area (TPSA) is 68.9 Å². The third-order valence-corrected chi connectivity index (χ3v) is 2.99. The summed E-state index contributed by atoms with van der Waals surface area (Å²) in [7, 11) is 1.27. The monoisotopic (exact) mass is 290 g/mol. The Hall–Kier alpha value is -2.27. The number of ether oxygens (including phenoxy) is 2. The number of furan rings is 1. The van der Waals surface area contributed by atoms with Gasteiger partial charge in [0.15, 0.2) is 0 Å². The lowest BCUT2D eigenvalue weighted by molar-refractivity contribution is 0.0551. The number of rotatable bonds is 6. The highest BCUT2D eigenvalue weighted by atomic mass is 16.5. The van der Waals surface area contributed by atoms with Crippen molar-refractivity contribution in [3.8, 4) is 5.75 Å². The van der Waals surface area contributed by atoms with Gasteiger partial charge in [-0.2, -0.15) is 0 Å². The Morgan fingerprint density at radius 1 is 1.33 bits per heavy atom. The molecule has 1 aromatic heterocycles. The average molecular weight is 290 g/mol. The first-order valence-electron chi connectivity index (χ1n) is 6.65. The first-order chi connectivity index (χ1) is 10.1. The van der Waals surface area contributed by atoms with Crippen LogP contribution < -0.4 is 4.74 Å². The molecule has 0 aliphatic carbocycles. The molecule has 2 aromatic rings. The van der Waals surface area contributed by atoms with E-state index in [4.69, 9.17) is 9.15 Å². The van der Waals surface area contributed by atoms with E-state index in [0.717, 1.165) is 11.3 Å². The molecule has 0 spiro atoms. The molecule has 112 valence electrons. The maximum Gasteiger partial charge on any atom is 0.373 e. The standard InChI is InChI=1S/C16H18O5/c1-11-4-3-5-12(10-11)20-9-8-13(17)14-6-7-15(21-14)16(18)19-2/h3-7,10,13,17H,8-9H2,1-2H3. The molecule has 2 rings (SSSR count). The molecule has 0 bridgehead atoms. The fraction of sp³-hybridized carbons (Fsp3) is 0.312. The number of benzene rings is 1. The Bertz CT molecular complexity index is 602. The minimum Gasteiger partial charge on any atom is -0.493 e. The molecule has 0 amide bonds. The van der Waals surface area contributed by atoms with Gasteiger partial charge in [0.1, 0.15) is 17.6 Å². The van der Waals surface area contributed by atoms with E-state index in [1.165, 1.54) is 13.2 Å². The Balaban J connectivity index is 1.85. The van der Waals surface area contributed by atoms with Crippen molar-refractivity contribution in [3.63, 3.8) is 0 Å². The number of methoxy groups -OCH3 is 1. The van der Waals surface area contributed by atoms with Crippen molar-refractivity contribution in [1.82, 2.24) is 0 Å². The van der Waals surface area contributed by atoms with Crippen molar-refractivity contribution < 1.29 is 23.8 Å². The van der Waals surface area contributed by atoms with E-state index in [0.29, 0.717) is 18.8 Å². The zero-order chi connectivity index (χ0) is 15.2. The van der Waals surface area contributed by atoms with Crippen molar-refractivity contribution in [3.05, 3.63) is 53.5 Å². The molecule has 21 heavy (non-hydrogen) atoms. The van der Waals surface area contributed by atoms with Gasteiger partial charge in [-0.15, -0.1) is 0 Å². The van der Waals surface area contributed by atoms with Crippen LogP contribution in [0.1, 0.15) is 34.4 Å². The highest BCUT2D eigenvalue weighted by Gasteiger charge is 2.16. The van der Waals surface area contributed by atoms with Crippen molar-refractivity contribution in [1.29, 1.82) is 0 Å². The van der Waals surface area contributed by atoms with E-state index in [1.807, 2.05) is 31.2 Å². The van der Waals surface area contributed by atoms with Gasteiger partial charge in [-0.1, -0.05) is 12.1 Å². The summed E-state index contributed by atoms with van der Waals surface area (Å²) in [4.78, 5) is 11.3. The molecule has 1 N–H and O–H groups in total. The summed E-state index contributed by atoms with van der Waals surface area (Å²) in [5.41, 5.74) is 1.11. The lowest BCUT2D eigenvalue weighted by Gasteiger charge is -2.10. The van der Waals surface area contributed by atoms with Gasteiger partial charge in [-0.05, 0) is 36.8 Å². The van der Waals surface area contributed by atoms with Crippen LogP contribution >= 0.6 is 0 Å². The number of carbonyl (C=O) groups is 1. The molecule has 0 fully saturated rings. The first-order valence-corrected chi connectivity index (χ1v) is 6.65. The number of aliphatic hydroxyl groups is 1. The summed E-state index contributed by atoms with van der Waals surface area (Å²) >= 11 is 0. The number of aliphatic hydroxyl groups excluding tert-OH is 1. The predicted octanol–water partition coefficient (Wildman–Crippen LogP) is 2.88. The average Bonchev–Trinajstić information content (AvgIpc) is 2.96.